The van der Waals surface area contributed by atoms with E-state index in [0.29, 0.717) is 11.2 Å². The number of nitrogens with one attached hydrogen (secondary N) is 4. The Morgan fingerprint density at radius 1 is 1.36 bits per heavy atom. The first-order valence-corrected chi connectivity index (χ1v) is 8.40. The molecule has 1 aliphatic heterocycles. The summed E-state index contributed by atoms with van der Waals surface area (Å²) >= 11 is 0. The summed E-state index contributed by atoms with van der Waals surface area (Å²) in [6.45, 7) is 2.01. The fourth-order valence-electron chi connectivity index (χ4n) is 3.10. The lowest BCUT2D eigenvalue weighted by Crippen LogP contribution is -2.30. The molecule has 0 radical (unpaired) electrons. The Balaban J connectivity index is 1.85. The van der Waals surface area contributed by atoms with Crippen LogP contribution in [-0.2, 0) is 4.79 Å². The number of aromatic nitrogens is 3. The van der Waals surface area contributed by atoms with Crippen LogP contribution < -0.4 is 21.5 Å². The predicted octanol–water partition coefficient (Wildman–Crippen LogP) is -0.644. The standard InChI is InChI=1S/C16H22N6O3/c1-17-13(23)4-7-19-16(25)11-9-20-22-12(8-14(24)21-15(11)22)10-2-5-18-6-3-10/h8-10,18H,2-7H2,1H3,(H,17,23)(H,19,25)(H,21,24). The van der Waals surface area contributed by atoms with Crippen molar-refractivity contribution in [3.8, 4) is 0 Å². The molecule has 0 aliphatic carbocycles. The number of hydrogen-bond donors (Lipinski definition) is 4. The van der Waals surface area contributed by atoms with E-state index in [9.17, 15) is 14.4 Å². The Bertz CT molecular complexity index is 834. The van der Waals surface area contributed by atoms with Crippen LogP contribution in [0.4, 0.5) is 0 Å². The Kier molecular flexibility index (Phi) is 5.13. The minimum absolute atomic E-state index is 0.151. The molecular weight excluding hydrogens is 324 g/mol. The summed E-state index contributed by atoms with van der Waals surface area (Å²) in [5.74, 6) is -0.283. The number of piperidine rings is 1. The Morgan fingerprint density at radius 3 is 2.84 bits per heavy atom. The highest BCUT2D eigenvalue weighted by Gasteiger charge is 2.22. The highest BCUT2D eigenvalue weighted by atomic mass is 16.2. The molecule has 1 fully saturated rings. The highest BCUT2D eigenvalue weighted by molar-refractivity contribution is 5.99. The van der Waals surface area contributed by atoms with Crippen LogP contribution in [0, 0.1) is 0 Å². The van der Waals surface area contributed by atoms with Crippen molar-refractivity contribution in [3.63, 3.8) is 0 Å². The molecule has 2 aromatic rings. The zero-order chi connectivity index (χ0) is 17.8. The molecule has 0 bridgehead atoms. The lowest BCUT2D eigenvalue weighted by Gasteiger charge is -2.23. The molecule has 3 heterocycles. The maximum atomic E-state index is 12.4. The van der Waals surface area contributed by atoms with Crippen molar-refractivity contribution >= 4 is 17.5 Å². The summed E-state index contributed by atoms with van der Waals surface area (Å²) in [4.78, 5) is 38.3. The molecule has 9 nitrogen and oxygen atoms in total. The summed E-state index contributed by atoms with van der Waals surface area (Å²) in [5.41, 5.74) is 1.26. The van der Waals surface area contributed by atoms with Gasteiger partial charge in [-0.2, -0.15) is 5.10 Å². The van der Waals surface area contributed by atoms with E-state index in [4.69, 9.17) is 0 Å². The van der Waals surface area contributed by atoms with Crippen LogP contribution in [0.25, 0.3) is 5.65 Å². The number of carbonyl (C=O) groups is 2. The second-order valence-electron chi connectivity index (χ2n) is 6.08. The number of aromatic amines is 1. The molecule has 3 rings (SSSR count). The smallest absolute Gasteiger partial charge is 0.256 e. The van der Waals surface area contributed by atoms with Gasteiger partial charge in [-0.3, -0.25) is 14.4 Å². The summed E-state index contributed by atoms with van der Waals surface area (Å²) in [7, 11) is 1.54. The van der Waals surface area contributed by atoms with E-state index in [-0.39, 0.29) is 36.3 Å². The zero-order valence-electron chi connectivity index (χ0n) is 14.1. The van der Waals surface area contributed by atoms with Gasteiger partial charge in [0.1, 0.15) is 11.2 Å². The van der Waals surface area contributed by atoms with E-state index >= 15 is 0 Å². The molecule has 2 amide bonds. The Hall–Kier alpha value is -2.68. The van der Waals surface area contributed by atoms with Gasteiger partial charge in [-0.25, -0.2) is 4.52 Å². The topological polar surface area (TPSA) is 120 Å². The molecule has 9 heteroatoms. The number of H-pyrrole nitrogens is 1. The van der Waals surface area contributed by atoms with E-state index in [0.717, 1.165) is 31.6 Å². The fourth-order valence-corrected chi connectivity index (χ4v) is 3.10. The van der Waals surface area contributed by atoms with Crippen molar-refractivity contribution in [1.82, 2.24) is 30.5 Å². The minimum atomic E-state index is -0.364. The van der Waals surface area contributed by atoms with E-state index < -0.39 is 0 Å². The van der Waals surface area contributed by atoms with Crippen molar-refractivity contribution in [2.24, 2.45) is 0 Å². The third-order valence-corrected chi connectivity index (χ3v) is 4.45. The first kappa shape index (κ1) is 17.2. The largest absolute Gasteiger partial charge is 0.359 e. The number of carbonyl (C=O) groups excluding carboxylic acids is 2. The molecular formula is C16H22N6O3. The number of rotatable bonds is 5. The van der Waals surface area contributed by atoms with Gasteiger partial charge in [0.2, 0.25) is 5.91 Å². The molecule has 25 heavy (non-hydrogen) atoms. The molecule has 4 N–H and O–H groups in total. The van der Waals surface area contributed by atoms with Crippen molar-refractivity contribution in [3.05, 3.63) is 33.9 Å². The number of fused-ring (bicyclic) bond motifs is 1. The molecule has 1 aliphatic rings. The average molecular weight is 346 g/mol. The normalized spacial score (nSPS) is 15.2. The van der Waals surface area contributed by atoms with E-state index in [1.165, 1.54) is 6.20 Å². The summed E-state index contributed by atoms with van der Waals surface area (Å²) in [5, 5.41) is 12.8. The van der Waals surface area contributed by atoms with Gasteiger partial charge in [0.05, 0.1) is 11.9 Å². The SMILES string of the molecule is CNC(=O)CCNC(=O)c1cnn2c(C3CCNCC3)cc(=O)[nH]c12. The Labute approximate surface area is 144 Å². The third-order valence-electron chi connectivity index (χ3n) is 4.45. The van der Waals surface area contributed by atoms with E-state index in [1.54, 1.807) is 17.6 Å². The molecule has 0 saturated carbocycles. The molecule has 0 spiro atoms. The monoisotopic (exact) mass is 346 g/mol. The number of amides is 2. The van der Waals surface area contributed by atoms with E-state index in [1.807, 2.05) is 0 Å². The van der Waals surface area contributed by atoms with Crippen molar-refractivity contribution in [2.75, 3.05) is 26.7 Å². The van der Waals surface area contributed by atoms with Gasteiger partial charge in [0.15, 0.2) is 0 Å². The van der Waals surface area contributed by atoms with Gasteiger partial charge in [0, 0.05) is 32.0 Å². The second kappa shape index (κ2) is 7.47. The van der Waals surface area contributed by atoms with Gasteiger partial charge in [-0.05, 0) is 25.9 Å². The Morgan fingerprint density at radius 2 is 2.12 bits per heavy atom. The first-order valence-electron chi connectivity index (χ1n) is 8.40. The first-order chi connectivity index (χ1) is 12.1. The van der Waals surface area contributed by atoms with Crippen LogP contribution in [0.15, 0.2) is 17.1 Å². The second-order valence-corrected chi connectivity index (χ2v) is 6.08. The minimum Gasteiger partial charge on any atom is -0.359 e. The molecule has 0 unspecified atom stereocenters. The van der Waals surface area contributed by atoms with Crippen LogP contribution in [-0.4, -0.2) is 53.1 Å². The predicted molar refractivity (Wildman–Crippen MR) is 91.7 cm³/mol. The highest BCUT2D eigenvalue weighted by Crippen LogP contribution is 2.24. The van der Waals surface area contributed by atoms with Crippen LogP contribution in [0.2, 0.25) is 0 Å². The fraction of sp³-hybridized carbons (Fsp3) is 0.500. The quantitative estimate of drug-likeness (QED) is 0.574. The van der Waals surface area contributed by atoms with Crippen LogP contribution in [0.1, 0.15) is 41.2 Å². The van der Waals surface area contributed by atoms with Gasteiger partial charge in [0.25, 0.3) is 11.5 Å². The lowest BCUT2D eigenvalue weighted by molar-refractivity contribution is -0.120. The molecule has 1 saturated heterocycles. The lowest BCUT2D eigenvalue weighted by atomic mass is 9.94. The van der Waals surface area contributed by atoms with Crippen LogP contribution in [0.3, 0.4) is 0 Å². The van der Waals surface area contributed by atoms with Gasteiger partial charge in [-0.15, -0.1) is 0 Å². The maximum Gasteiger partial charge on any atom is 0.256 e. The average Bonchev–Trinajstić information content (AvgIpc) is 3.05. The van der Waals surface area contributed by atoms with Crippen LogP contribution >= 0.6 is 0 Å². The van der Waals surface area contributed by atoms with E-state index in [2.05, 4.69) is 26.0 Å². The zero-order valence-corrected chi connectivity index (χ0v) is 14.1. The van der Waals surface area contributed by atoms with Gasteiger partial charge in [-0.1, -0.05) is 0 Å². The number of hydrogen-bond acceptors (Lipinski definition) is 5. The summed E-state index contributed by atoms with van der Waals surface area (Å²) in [6.07, 6.45) is 3.49. The van der Waals surface area contributed by atoms with Gasteiger partial charge < -0.3 is 20.9 Å². The van der Waals surface area contributed by atoms with Gasteiger partial charge >= 0.3 is 0 Å². The molecule has 0 aromatic carbocycles. The van der Waals surface area contributed by atoms with Crippen molar-refractivity contribution in [1.29, 1.82) is 0 Å². The maximum absolute atomic E-state index is 12.4. The third kappa shape index (κ3) is 3.71. The molecule has 2 aromatic heterocycles. The number of nitrogens with zero attached hydrogens (tertiary/aromatic N) is 2. The summed E-state index contributed by atoms with van der Waals surface area (Å²) < 4.78 is 1.64. The van der Waals surface area contributed by atoms with Crippen molar-refractivity contribution < 1.29 is 9.59 Å². The summed E-state index contributed by atoms with van der Waals surface area (Å²) in [6, 6.07) is 1.56. The molecule has 134 valence electrons. The van der Waals surface area contributed by atoms with Crippen LogP contribution in [0.5, 0.6) is 0 Å². The van der Waals surface area contributed by atoms with Crippen molar-refractivity contribution in [2.45, 2.75) is 25.2 Å². The molecule has 0 atom stereocenters.